The van der Waals surface area contributed by atoms with Gasteiger partial charge < -0.3 is 19.7 Å². The van der Waals surface area contributed by atoms with Crippen molar-refractivity contribution >= 4 is 17.5 Å². The Bertz CT molecular complexity index is 810. The van der Waals surface area contributed by atoms with Crippen molar-refractivity contribution in [1.29, 1.82) is 0 Å². The van der Waals surface area contributed by atoms with Crippen molar-refractivity contribution in [2.24, 2.45) is 0 Å². The first-order chi connectivity index (χ1) is 12.9. The summed E-state index contributed by atoms with van der Waals surface area (Å²) >= 11 is 0. The molecule has 0 bridgehead atoms. The third-order valence-electron chi connectivity index (χ3n) is 4.01. The second-order valence-electron chi connectivity index (χ2n) is 5.94. The lowest BCUT2D eigenvalue weighted by Crippen LogP contribution is -2.38. The van der Waals surface area contributed by atoms with Crippen molar-refractivity contribution < 1.29 is 23.5 Å². The second-order valence-corrected chi connectivity index (χ2v) is 5.94. The molecule has 0 aliphatic rings. The van der Waals surface area contributed by atoms with Crippen LogP contribution in [-0.2, 0) is 16.0 Å². The molecule has 27 heavy (non-hydrogen) atoms. The van der Waals surface area contributed by atoms with E-state index >= 15 is 0 Å². The van der Waals surface area contributed by atoms with Crippen LogP contribution in [0.4, 0.5) is 10.1 Å². The molecule has 0 radical (unpaired) electrons. The molecule has 0 aromatic heterocycles. The number of carbonyl (C=O) groups is 2. The van der Waals surface area contributed by atoms with Crippen molar-refractivity contribution in [2.45, 2.75) is 13.3 Å². The fourth-order valence-corrected chi connectivity index (χ4v) is 2.59. The Morgan fingerprint density at radius 2 is 1.81 bits per heavy atom. The highest BCUT2D eigenvalue weighted by Crippen LogP contribution is 2.27. The molecule has 0 heterocycles. The molecule has 2 aromatic carbocycles. The molecule has 2 rings (SSSR count). The molecule has 2 aromatic rings. The molecule has 0 unspecified atom stereocenters. The zero-order valence-electron chi connectivity index (χ0n) is 15.6. The standard InChI is InChI=1S/C20H23FN2O4/c1-14(24)23(13-20(25)22-17-6-4-5-16(21)12-17)10-9-15-7-8-18(26-2)19(11-15)27-3/h4-8,11-12H,9-10,13H2,1-3H3,(H,22,25). The summed E-state index contributed by atoms with van der Waals surface area (Å²) in [5, 5.41) is 2.59. The smallest absolute Gasteiger partial charge is 0.243 e. The molecule has 0 aliphatic heterocycles. The van der Waals surface area contributed by atoms with E-state index in [1.807, 2.05) is 12.1 Å². The van der Waals surface area contributed by atoms with Crippen LogP contribution in [0.25, 0.3) is 0 Å². The van der Waals surface area contributed by atoms with E-state index in [0.717, 1.165) is 5.56 Å². The number of rotatable bonds is 8. The van der Waals surface area contributed by atoms with Gasteiger partial charge in [0.05, 0.1) is 20.8 Å². The lowest BCUT2D eigenvalue weighted by molar-refractivity contribution is -0.132. The van der Waals surface area contributed by atoms with Crippen molar-refractivity contribution in [3.05, 3.63) is 53.8 Å². The number of ether oxygens (including phenoxy) is 2. The van der Waals surface area contributed by atoms with Gasteiger partial charge in [0.15, 0.2) is 11.5 Å². The van der Waals surface area contributed by atoms with E-state index < -0.39 is 5.82 Å². The topological polar surface area (TPSA) is 67.9 Å². The van der Waals surface area contributed by atoms with Gasteiger partial charge in [-0.2, -0.15) is 0 Å². The maximum absolute atomic E-state index is 13.2. The van der Waals surface area contributed by atoms with Gasteiger partial charge in [-0.25, -0.2) is 4.39 Å². The van der Waals surface area contributed by atoms with E-state index in [1.54, 1.807) is 26.4 Å². The first-order valence-corrected chi connectivity index (χ1v) is 8.44. The van der Waals surface area contributed by atoms with Gasteiger partial charge in [-0.15, -0.1) is 0 Å². The van der Waals surface area contributed by atoms with Crippen LogP contribution in [0.3, 0.4) is 0 Å². The third-order valence-corrected chi connectivity index (χ3v) is 4.01. The Morgan fingerprint density at radius 3 is 2.44 bits per heavy atom. The molecule has 6 nitrogen and oxygen atoms in total. The zero-order valence-corrected chi connectivity index (χ0v) is 15.6. The van der Waals surface area contributed by atoms with E-state index in [4.69, 9.17) is 9.47 Å². The summed E-state index contributed by atoms with van der Waals surface area (Å²) in [5.41, 5.74) is 1.30. The van der Waals surface area contributed by atoms with Crippen molar-refractivity contribution in [3.8, 4) is 11.5 Å². The summed E-state index contributed by atoms with van der Waals surface area (Å²) in [5.74, 6) is 0.185. The summed E-state index contributed by atoms with van der Waals surface area (Å²) in [6.07, 6.45) is 0.549. The molecular formula is C20H23FN2O4. The number of halogens is 1. The Hall–Kier alpha value is -3.09. The largest absolute Gasteiger partial charge is 0.493 e. The van der Waals surface area contributed by atoms with Gasteiger partial charge >= 0.3 is 0 Å². The number of methoxy groups -OCH3 is 2. The van der Waals surface area contributed by atoms with Gasteiger partial charge in [-0.05, 0) is 42.3 Å². The molecular weight excluding hydrogens is 351 g/mol. The number of hydrogen-bond donors (Lipinski definition) is 1. The molecule has 0 saturated heterocycles. The van der Waals surface area contributed by atoms with Gasteiger partial charge in [-0.3, -0.25) is 9.59 Å². The lowest BCUT2D eigenvalue weighted by Gasteiger charge is -2.21. The predicted octanol–water partition coefficient (Wildman–Crippen LogP) is 2.87. The Labute approximate surface area is 157 Å². The average Bonchev–Trinajstić information content (AvgIpc) is 2.64. The minimum atomic E-state index is -0.440. The highest BCUT2D eigenvalue weighted by Gasteiger charge is 2.15. The molecule has 0 saturated carbocycles. The molecule has 2 amide bonds. The van der Waals surface area contributed by atoms with Crippen LogP contribution in [0, 0.1) is 5.82 Å². The second kappa shape index (κ2) is 9.56. The number of anilines is 1. The fraction of sp³-hybridized carbons (Fsp3) is 0.300. The number of nitrogens with zero attached hydrogens (tertiary/aromatic N) is 1. The normalized spacial score (nSPS) is 10.2. The summed E-state index contributed by atoms with van der Waals surface area (Å²) in [6, 6.07) is 11.1. The summed E-state index contributed by atoms with van der Waals surface area (Å²) in [4.78, 5) is 25.5. The third kappa shape index (κ3) is 5.99. The highest BCUT2D eigenvalue weighted by molar-refractivity contribution is 5.94. The first-order valence-electron chi connectivity index (χ1n) is 8.44. The lowest BCUT2D eigenvalue weighted by atomic mass is 10.1. The summed E-state index contributed by atoms with van der Waals surface area (Å²) in [7, 11) is 3.12. The Kier molecular flexibility index (Phi) is 7.16. The van der Waals surface area contributed by atoms with Gasteiger partial charge in [0.25, 0.3) is 0 Å². The van der Waals surface area contributed by atoms with E-state index in [9.17, 15) is 14.0 Å². The van der Waals surface area contributed by atoms with E-state index in [2.05, 4.69) is 5.32 Å². The SMILES string of the molecule is COc1ccc(CCN(CC(=O)Nc2cccc(F)c2)C(C)=O)cc1OC. The number of amides is 2. The van der Waals surface area contributed by atoms with Crippen LogP contribution < -0.4 is 14.8 Å². The minimum Gasteiger partial charge on any atom is -0.493 e. The minimum absolute atomic E-state index is 0.112. The van der Waals surface area contributed by atoms with Crippen LogP contribution in [0.5, 0.6) is 11.5 Å². The summed E-state index contributed by atoms with van der Waals surface area (Å²) in [6.45, 7) is 1.66. The Balaban J connectivity index is 1.97. The zero-order chi connectivity index (χ0) is 19.8. The van der Waals surface area contributed by atoms with Crippen LogP contribution in [0.1, 0.15) is 12.5 Å². The Morgan fingerprint density at radius 1 is 1.07 bits per heavy atom. The highest BCUT2D eigenvalue weighted by atomic mass is 19.1. The first kappa shape index (κ1) is 20.2. The van der Waals surface area contributed by atoms with Crippen LogP contribution in [0.15, 0.2) is 42.5 Å². The average molecular weight is 374 g/mol. The molecule has 0 aliphatic carbocycles. The van der Waals surface area contributed by atoms with Crippen molar-refractivity contribution in [2.75, 3.05) is 32.6 Å². The molecule has 0 fully saturated rings. The predicted molar refractivity (Wildman–Crippen MR) is 101 cm³/mol. The molecule has 7 heteroatoms. The maximum atomic E-state index is 13.2. The molecule has 0 atom stereocenters. The molecule has 0 spiro atoms. The van der Waals surface area contributed by atoms with E-state index in [-0.39, 0.29) is 18.4 Å². The monoisotopic (exact) mass is 374 g/mol. The van der Waals surface area contributed by atoms with E-state index in [1.165, 1.54) is 30.0 Å². The van der Waals surface area contributed by atoms with Gasteiger partial charge in [-0.1, -0.05) is 12.1 Å². The number of benzene rings is 2. The molecule has 1 N–H and O–H groups in total. The van der Waals surface area contributed by atoms with Gasteiger partial charge in [0.2, 0.25) is 11.8 Å². The number of hydrogen-bond acceptors (Lipinski definition) is 4. The number of carbonyl (C=O) groups excluding carboxylic acids is 2. The van der Waals surface area contributed by atoms with Crippen molar-refractivity contribution in [1.82, 2.24) is 4.90 Å². The fourth-order valence-electron chi connectivity index (χ4n) is 2.59. The van der Waals surface area contributed by atoms with Crippen molar-refractivity contribution in [3.63, 3.8) is 0 Å². The molecule has 144 valence electrons. The van der Waals surface area contributed by atoms with Crippen LogP contribution >= 0.6 is 0 Å². The quantitative estimate of drug-likeness (QED) is 0.772. The number of nitrogens with one attached hydrogen (secondary N) is 1. The van der Waals surface area contributed by atoms with E-state index in [0.29, 0.717) is 30.2 Å². The van der Waals surface area contributed by atoms with Crippen LogP contribution in [-0.4, -0.2) is 44.0 Å². The maximum Gasteiger partial charge on any atom is 0.243 e. The summed E-state index contributed by atoms with van der Waals surface area (Å²) < 4.78 is 23.7. The van der Waals surface area contributed by atoms with Gasteiger partial charge in [0, 0.05) is 19.2 Å². The van der Waals surface area contributed by atoms with Crippen LogP contribution in [0.2, 0.25) is 0 Å². The van der Waals surface area contributed by atoms with Gasteiger partial charge in [0.1, 0.15) is 5.82 Å².